The highest BCUT2D eigenvalue weighted by Crippen LogP contribution is 2.48. The number of hydrogen-bond acceptors (Lipinski definition) is 8. The molecule has 1 aromatic carbocycles. The molecule has 2 saturated carbocycles. The van der Waals surface area contributed by atoms with Gasteiger partial charge in [-0.15, -0.1) is 0 Å². The third-order valence-corrected chi connectivity index (χ3v) is 7.63. The summed E-state index contributed by atoms with van der Waals surface area (Å²) in [5, 5.41) is 9.38. The van der Waals surface area contributed by atoms with Gasteiger partial charge in [-0.05, 0) is 77.8 Å². The highest BCUT2D eigenvalue weighted by Gasteiger charge is 2.40. The minimum Gasteiger partial charge on any atom is -0.506 e. The molecule has 7 rings (SSSR count). The molecule has 2 fully saturated rings. The predicted octanol–water partition coefficient (Wildman–Crippen LogP) is 7.63. The molecule has 0 saturated heterocycles. The van der Waals surface area contributed by atoms with E-state index in [-0.39, 0.29) is 5.75 Å². The second kappa shape index (κ2) is 16.2. The summed E-state index contributed by atoms with van der Waals surface area (Å²) >= 11 is 0. The van der Waals surface area contributed by atoms with Crippen molar-refractivity contribution >= 4 is 0 Å². The van der Waals surface area contributed by atoms with Crippen molar-refractivity contribution in [1.82, 2.24) is 19.9 Å². The Morgan fingerprint density at radius 2 is 1.16 bits per heavy atom. The number of pyridine rings is 4. The van der Waals surface area contributed by atoms with Gasteiger partial charge < -0.3 is 19.3 Å². The third kappa shape index (κ3) is 9.76. The Morgan fingerprint density at radius 1 is 0.600 bits per heavy atom. The molecule has 1 N–H and O–H groups in total. The average molecular weight is 605 g/mol. The van der Waals surface area contributed by atoms with Crippen LogP contribution >= 0.6 is 0 Å². The van der Waals surface area contributed by atoms with Crippen LogP contribution in [-0.4, -0.2) is 38.3 Å². The number of nitrogens with zero attached hydrogens (tertiary/aromatic N) is 4. The molecule has 0 aliphatic heterocycles. The van der Waals surface area contributed by atoms with E-state index in [9.17, 15) is 5.11 Å². The predicted molar refractivity (Wildman–Crippen MR) is 173 cm³/mol. The number of ether oxygens (including phenoxy) is 3. The molecule has 2 aliphatic carbocycles. The maximum absolute atomic E-state index is 9.38. The average Bonchev–Trinajstić information content (AvgIpc) is 4.04. The smallest absolute Gasteiger partial charge is 0.138 e. The first-order chi connectivity index (χ1) is 22.2. The molecule has 4 aromatic heterocycles. The lowest BCUT2D eigenvalue weighted by Gasteiger charge is -2.08. The van der Waals surface area contributed by atoms with Crippen molar-refractivity contribution in [3.8, 4) is 23.0 Å². The molecule has 8 nitrogen and oxygen atoms in total. The number of aromatic nitrogens is 4. The highest BCUT2D eigenvalue weighted by atomic mass is 16.5. The second-order valence-corrected chi connectivity index (χ2v) is 10.9. The number of hydrogen-bond donors (Lipinski definition) is 1. The summed E-state index contributed by atoms with van der Waals surface area (Å²) in [6.07, 6.45) is 16.1. The molecule has 45 heavy (non-hydrogen) atoms. The van der Waals surface area contributed by atoms with Crippen LogP contribution in [0.3, 0.4) is 0 Å². The SMILES string of the molecule is CC.Oc1cncc([C@H]2C[C@@H]2COc2cccnc2)c1.c1ccc(COc2cncc([C@H]3C[C@@H]3COc3cccnc3)c2)cc1. The van der Waals surface area contributed by atoms with E-state index >= 15 is 0 Å². The van der Waals surface area contributed by atoms with Crippen LogP contribution in [0, 0.1) is 11.8 Å². The monoisotopic (exact) mass is 604 g/mol. The summed E-state index contributed by atoms with van der Waals surface area (Å²) in [5.41, 5.74) is 3.47. The van der Waals surface area contributed by atoms with Crippen LogP contribution in [0.5, 0.6) is 23.0 Å². The van der Waals surface area contributed by atoms with Crippen molar-refractivity contribution in [1.29, 1.82) is 0 Å². The molecule has 0 unspecified atom stereocenters. The van der Waals surface area contributed by atoms with Crippen LogP contribution < -0.4 is 14.2 Å². The maximum atomic E-state index is 9.38. The molecule has 232 valence electrons. The zero-order valence-electron chi connectivity index (χ0n) is 25.8. The van der Waals surface area contributed by atoms with E-state index < -0.39 is 0 Å². The van der Waals surface area contributed by atoms with E-state index in [0.717, 1.165) is 41.2 Å². The van der Waals surface area contributed by atoms with Gasteiger partial charge in [-0.25, -0.2) is 0 Å². The molecule has 0 radical (unpaired) electrons. The molecule has 8 heteroatoms. The molecule has 4 atom stereocenters. The molecule has 2 aliphatic rings. The summed E-state index contributed by atoms with van der Waals surface area (Å²) < 4.78 is 17.3. The fourth-order valence-corrected chi connectivity index (χ4v) is 5.06. The minimum atomic E-state index is 0.228. The second-order valence-electron chi connectivity index (χ2n) is 10.9. The highest BCUT2D eigenvalue weighted by molar-refractivity contribution is 5.31. The fourth-order valence-electron chi connectivity index (χ4n) is 5.06. The van der Waals surface area contributed by atoms with Gasteiger partial charge in [-0.2, -0.15) is 0 Å². The minimum absolute atomic E-state index is 0.228. The van der Waals surface area contributed by atoms with Crippen molar-refractivity contribution in [2.75, 3.05) is 13.2 Å². The maximum Gasteiger partial charge on any atom is 0.138 e. The summed E-state index contributed by atoms with van der Waals surface area (Å²) in [7, 11) is 0. The Labute approximate surface area is 265 Å². The molecule has 0 spiro atoms. The first-order valence-electron chi connectivity index (χ1n) is 15.5. The Bertz CT molecular complexity index is 1570. The van der Waals surface area contributed by atoms with E-state index in [0.29, 0.717) is 43.5 Å². The Hall–Kier alpha value is -4.98. The normalized spacial score (nSPS) is 19.1. The fraction of sp³-hybridized carbons (Fsp3) is 0.297. The van der Waals surface area contributed by atoms with Gasteiger partial charge in [0.05, 0.1) is 38.0 Å². The van der Waals surface area contributed by atoms with E-state index in [2.05, 4.69) is 38.1 Å². The van der Waals surface area contributed by atoms with Gasteiger partial charge in [0, 0.05) is 36.6 Å². The van der Waals surface area contributed by atoms with E-state index in [1.807, 2.05) is 68.7 Å². The Kier molecular flexibility index (Phi) is 11.3. The van der Waals surface area contributed by atoms with Crippen molar-refractivity contribution in [3.05, 3.63) is 133 Å². The van der Waals surface area contributed by atoms with E-state index in [4.69, 9.17) is 14.2 Å². The molecule has 5 aromatic rings. The largest absolute Gasteiger partial charge is 0.506 e. The van der Waals surface area contributed by atoms with Crippen molar-refractivity contribution < 1.29 is 19.3 Å². The van der Waals surface area contributed by atoms with Crippen LogP contribution in [0.1, 0.15) is 55.2 Å². The molecule has 4 heterocycles. The van der Waals surface area contributed by atoms with E-state index in [1.54, 1.807) is 37.1 Å². The van der Waals surface area contributed by atoms with Gasteiger partial charge >= 0.3 is 0 Å². The van der Waals surface area contributed by atoms with Crippen LogP contribution in [0.15, 0.2) is 116 Å². The number of aromatic hydroxyl groups is 1. The Morgan fingerprint density at radius 3 is 1.71 bits per heavy atom. The van der Waals surface area contributed by atoms with Gasteiger partial charge in [0.15, 0.2) is 0 Å². The van der Waals surface area contributed by atoms with Gasteiger partial charge in [0.2, 0.25) is 0 Å². The van der Waals surface area contributed by atoms with Gasteiger partial charge in [0.1, 0.15) is 29.6 Å². The van der Waals surface area contributed by atoms with Gasteiger partial charge in [-0.3, -0.25) is 19.9 Å². The lowest BCUT2D eigenvalue weighted by molar-refractivity contribution is 0.295. The molecule has 0 amide bonds. The van der Waals surface area contributed by atoms with Crippen LogP contribution in [0.4, 0.5) is 0 Å². The van der Waals surface area contributed by atoms with Gasteiger partial charge in [0.25, 0.3) is 0 Å². The standard InChI is InChI=1S/C21H20N2O2.C14H14N2O2.C2H6/c1-2-5-16(6-3-1)14-24-20-9-17(11-23-13-20)21-10-18(21)15-25-19-7-4-8-22-12-19;17-12-4-10(6-16-7-12)14-5-11(14)9-18-13-2-1-3-15-8-13;1-2/h1-9,11-13,18,21H,10,14-15H2;1-4,6-8,11,14,17H,5,9H2;1-2H3/t18-,21-;11-,14-;/m11./s1. The van der Waals surface area contributed by atoms with Crippen molar-refractivity contribution in [2.24, 2.45) is 11.8 Å². The number of rotatable bonds is 11. The van der Waals surface area contributed by atoms with Crippen LogP contribution in [0.25, 0.3) is 0 Å². The van der Waals surface area contributed by atoms with Crippen LogP contribution in [-0.2, 0) is 6.61 Å². The van der Waals surface area contributed by atoms with Gasteiger partial charge in [-0.1, -0.05) is 44.2 Å². The molecule has 0 bridgehead atoms. The zero-order chi connectivity index (χ0) is 31.3. The summed E-state index contributed by atoms with van der Waals surface area (Å²) in [5.74, 6) is 4.68. The molecular formula is C37H40N4O4. The topological polar surface area (TPSA) is 99.5 Å². The first-order valence-corrected chi connectivity index (χ1v) is 15.5. The summed E-state index contributed by atoms with van der Waals surface area (Å²) in [6, 6.07) is 21.6. The van der Waals surface area contributed by atoms with Crippen molar-refractivity contribution in [2.45, 2.75) is 45.1 Å². The number of benzene rings is 1. The lowest BCUT2D eigenvalue weighted by Crippen LogP contribution is -2.01. The quantitative estimate of drug-likeness (QED) is 0.164. The lowest BCUT2D eigenvalue weighted by atomic mass is 10.1. The first kappa shape index (κ1) is 31.4. The van der Waals surface area contributed by atoms with Crippen LogP contribution in [0.2, 0.25) is 0 Å². The summed E-state index contributed by atoms with van der Waals surface area (Å²) in [4.78, 5) is 16.4. The zero-order valence-corrected chi connectivity index (χ0v) is 25.8. The van der Waals surface area contributed by atoms with E-state index in [1.165, 1.54) is 11.8 Å². The summed E-state index contributed by atoms with van der Waals surface area (Å²) in [6.45, 7) is 5.96. The third-order valence-electron chi connectivity index (χ3n) is 7.63. The Balaban J connectivity index is 0.000000177. The van der Waals surface area contributed by atoms with Crippen molar-refractivity contribution in [3.63, 3.8) is 0 Å². The molecular weight excluding hydrogens is 564 g/mol.